The first-order chi connectivity index (χ1) is 32.6. The summed E-state index contributed by atoms with van der Waals surface area (Å²) in [6.45, 7) is 4.40. The summed E-state index contributed by atoms with van der Waals surface area (Å²) in [6, 6.07) is 0. The van der Waals surface area contributed by atoms with E-state index >= 15 is 0 Å². The molecule has 2 atom stereocenters. The zero-order chi connectivity index (χ0) is 49.2. The van der Waals surface area contributed by atoms with Crippen LogP contribution in [-0.4, -0.2) is 82.3 Å². The predicted molar refractivity (Wildman–Crippen MR) is 278 cm³/mol. The lowest BCUT2D eigenvalue weighted by Crippen LogP contribution is -2.44. The van der Waals surface area contributed by atoms with Crippen molar-refractivity contribution in [1.29, 1.82) is 0 Å². The summed E-state index contributed by atoms with van der Waals surface area (Å²) < 4.78 is 22.5. The molecule has 0 fully saturated rings. The Morgan fingerprint density at radius 3 is 1.25 bits per heavy atom. The van der Waals surface area contributed by atoms with Gasteiger partial charge in [-0.1, -0.05) is 187 Å². The summed E-state index contributed by atoms with van der Waals surface area (Å²) in [6.07, 6.45) is 63.9. The van der Waals surface area contributed by atoms with Gasteiger partial charge in [0, 0.05) is 12.8 Å². The first-order valence-electron chi connectivity index (χ1n) is 25.7. The number of nitrogens with zero attached hydrogens (tertiary/aromatic N) is 1. The fourth-order valence-corrected chi connectivity index (χ4v) is 6.32. The van der Waals surface area contributed by atoms with E-state index < -0.39 is 24.3 Å². The second kappa shape index (κ2) is 48.2. The number of likely N-dealkylation sites (N-methyl/N-ethyl adjacent to an activating group) is 1. The molecule has 0 spiro atoms. The van der Waals surface area contributed by atoms with Crippen LogP contribution in [0.15, 0.2) is 122 Å². The molecule has 0 rings (SSSR count). The Bertz CT molecular complexity index is 1510. The Morgan fingerprint density at radius 2 is 0.836 bits per heavy atom. The van der Waals surface area contributed by atoms with Crippen molar-refractivity contribution in [1.82, 2.24) is 0 Å². The van der Waals surface area contributed by atoms with Crippen molar-refractivity contribution in [3.8, 4) is 0 Å². The van der Waals surface area contributed by atoms with Gasteiger partial charge in [0.25, 0.3) is 0 Å². The summed E-state index contributed by atoms with van der Waals surface area (Å²) in [4.78, 5) is 37.1. The van der Waals surface area contributed by atoms with Crippen LogP contribution in [0.2, 0.25) is 0 Å². The Balaban J connectivity index is 4.46. The Morgan fingerprint density at radius 1 is 0.448 bits per heavy atom. The standard InChI is InChI=1S/C58H93NO8/c1-6-8-10-12-14-16-18-20-22-24-26-27-28-29-31-32-34-36-38-40-42-44-46-48-55(60)65-52-54(53-66-58(57(62)63)64-51-50-59(3,4)5)67-56(61)49-47-45-43-41-39-37-35-33-30-25-23-21-19-17-15-13-11-9-7-2/h8-11,14-17,20-23,26-27,30,33,37,39,43,45,54,58H,6-7,12-13,18-19,24-25,28-29,31-32,34-36,38,40-42,44,46-53H2,1-5H3/b10-8-,11-9-,16-14-,17-15-,22-20-,23-21-,27-26-,33-30-,39-37-,45-43-. The molecular weight excluding hydrogens is 839 g/mol. The molecule has 0 aliphatic rings. The number of aliphatic carboxylic acids is 1. The number of hydrogen-bond donors (Lipinski definition) is 0. The summed E-state index contributed by atoms with van der Waals surface area (Å²) in [5, 5.41) is 11.7. The molecule has 0 saturated heterocycles. The molecule has 0 radical (unpaired) electrons. The SMILES string of the molecule is CC/C=C\C/C=C\C/C=C\C/C=C\C/C=C\C/C=C\CCC(=O)OC(COC(=O)CCCCCCCCCCCC/C=C\C/C=C\C/C=C\C/C=C\CC)COC(OCC[N+](C)(C)C)C(=O)[O-]. The molecule has 0 heterocycles. The zero-order valence-corrected chi connectivity index (χ0v) is 42.7. The molecule has 0 saturated carbocycles. The highest BCUT2D eigenvalue weighted by Crippen LogP contribution is 2.13. The fourth-order valence-electron chi connectivity index (χ4n) is 6.32. The third kappa shape index (κ3) is 49.4. The number of quaternary nitrogens is 1. The second-order valence-corrected chi connectivity index (χ2v) is 17.7. The molecule has 0 aromatic carbocycles. The van der Waals surface area contributed by atoms with Crippen molar-refractivity contribution in [3.63, 3.8) is 0 Å². The van der Waals surface area contributed by atoms with Gasteiger partial charge in [-0.3, -0.25) is 9.59 Å². The molecule has 0 aliphatic heterocycles. The van der Waals surface area contributed by atoms with Crippen LogP contribution in [0.25, 0.3) is 0 Å². The molecule has 9 heteroatoms. The number of rotatable bonds is 45. The minimum atomic E-state index is -1.65. The molecule has 9 nitrogen and oxygen atoms in total. The molecule has 0 aromatic heterocycles. The molecular formula is C58H93NO8. The maximum Gasteiger partial charge on any atom is 0.306 e. The van der Waals surface area contributed by atoms with Gasteiger partial charge in [0.1, 0.15) is 13.2 Å². The summed E-state index contributed by atoms with van der Waals surface area (Å²) in [5.41, 5.74) is 0. The van der Waals surface area contributed by atoms with E-state index in [0.29, 0.717) is 17.4 Å². The quantitative estimate of drug-likeness (QED) is 0.0195. The number of esters is 2. The van der Waals surface area contributed by atoms with Crippen molar-refractivity contribution >= 4 is 17.9 Å². The summed E-state index contributed by atoms with van der Waals surface area (Å²) >= 11 is 0. The van der Waals surface area contributed by atoms with Gasteiger partial charge in [0.15, 0.2) is 12.4 Å². The van der Waals surface area contributed by atoms with Crippen molar-refractivity contribution in [2.75, 3.05) is 47.5 Å². The Labute approximate surface area is 408 Å². The lowest BCUT2D eigenvalue weighted by Gasteiger charge is -2.26. The first kappa shape index (κ1) is 62.7. The highest BCUT2D eigenvalue weighted by atomic mass is 16.7. The molecule has 0 amide bonds. The van der Waals surface area contributed by atoms with Crippen molar-refractivity contribution in [3.05, 3.63) is 122 Å². The largest absolute Gasteiger partial charge is 0.545 e. The maximum atomic E-state index is 12.8. The molecule has 0 bridgehead atoms. The molecule has 67 heavy (non-hydrogen) atoms. The fraction of sp³-hybridized carbons (Fsp3) is 0.603. The van der Waals surface area contributed by atoms with Crippen LogP contribution in [0, 0.1) is 0 Å². The van der Waals surface area contributed by atoms with Gasteiger partial charge < -0.3 is 33.3 Å². The van der Waals surface area contributed by atoms with E-state index in [1.165, 1.54) is 38.5 Å². The van der Waals surface area contributed by atoms with Gasteiger partial charge in [-0.15, -0.1) is 0 Å². The Kier molecular flexibility index (Phi) is 45.1. The van der Waals surface area contributed by atoms with Crippen LogP contribution in [0.1, 0.15) is 168 Å². The van der Waals surface area contributed by atoms with Gasteiger partial charge in [-0.25, -0.2) is 0 Å². The third-order valence-corrected chi connectivity index (χ3v) is 10.2. The van der Waals surface area contributed by atoms with Gasteiger partial charge in [0.05, 0.1) is 40.3 Å². The molecule has 0 aliphatic carbocycles. The number of hydrogen-bond acceptors (Lipinski definition) is 8. The van der Waals surface area contributed by atoms with Crippen LogP contribution in [0.5, 0.6) is 0 Å². The minimum Gasteiger partial charge on any atom is -0.545 e. The van der Waals surface area contributed by atoms with E-state index in [2.05, 4.69) is 123 Å². The van der Waals surface area contributed by atoms with E-state index in [1.54, 1.807) is 0 Å². The number of allylic oxidation sites excluding steroid dienone is 20. The van der Waals surface area contributed by atoms with Crippen molar-refractivity contribution < 1.29 is 42.9 Å². The smallest absolute Gasteiger partial charge is 0.306 e. The van der Waals surface area contributed by atoms with Gasteiger partial charge >= 0.3 is 11.9 Å². The van der Waals surface area contributed by atoms with E-state index in [0.717, 1.165) is 96.3 Å². The average Bonchev–Trinajstić information content (AvgIpc) is 3.29. The van der Waals surface area contributed by atoms with E-state index in [4.69, 9.17) is 18.9 Å². The predicted octanol–water partition coefficient (Wildman–Crippen LogP) is 13.2. The number of ether oxygens (including phenoxy) is 4. The monoisotopic (exact) mass is 932 g/mol. The lowest BCUT2D eigenvalue weighted by molar-refractivity contribution is -0.870. The Hall–Kier alpha value is -4.31. The van der Waals surface area contributed by atoms with Crippen LogP contribution in [0.3, 0.4) is 0 Å². The molecule has 2 unspecified atom stereocenters. The van der Waals surface area contributed by atoms with Gasteiger partial charge in [-0.05, 0) is 89.9 Å². The highest BCUT2D eigenvalue weighted by molar-refractivity contribution is 5.70. The van der Waals surface area contributed by atoms with E-state index in [-0.39, 0.29) is 38.6 Å². The number of carbonyl (C=O) groups excluding carboxylic acids is 3. The minimum absolute atomic E-state index is 0.114. The first-order valence-corrected chi connectivity index (χ1v) is 25.7. The zero-order valence-electron chi connectivity index (χ0n) is 42.7. The van der Waals surface area contributed by atoms with Crippen molar-refractivity contribution in [2.24, 2.45) is 0 Å². The van der Waals surface area contributed by atoms with Crippen LogP contribution in [-0.2, 0) is 33.3 Å². The molecule has 0 N–H and O–H groups in total. The van der Waals surface area contributed by atoms with Gasteiger partial charge in [-0.2, -0.15) is 0 Å². The number of carboxylic acid groups (broad SMARTS) is 1. The van der Waals surface area contributed by atoms with E-state index in [9.17, 15) is 19.5 Å². The molecule has 0 aromatic rings. The number of unbranched alkanes of at least 4 members (excludes halogenated alkanes) is 10. The average molecular weight is 932 g/mol. The highest BCUT2D eigenvalue weighted by Gasteiger charge is 2.21. The number of carbonyl (C=O) groups is 3. The van der Waals surface area contributed by atoms with Gasteiger partial charge in [0.2, 0.25) is 0 Å². The van der Waals surface area contributed by atoms with E-state index in [1.807, 2.05) is 33.3 Å². The van der Waals surface area contributed by atoms with Crippen LogP contribution in [0.4, 0.5) is 0 Å². The number of carboxylic acids is 1. The normalized spacial score (nSPS) is 13.9. The summed E-state index contributed by atoms with van der Waals surface area (Å²) in [7, 11) is 5.88. The lowest BCUT2D eigenvalue weighted by atomic mass is 10.1. The molecule has 378 valence electrons. The van der Waals surface area contributed by atoms with Crippen LogP contribution < -0.4 is 5.11 Å². The summed E-state index contributed by atoms with van der Waals surface area (Å²) in [5.74, 6) is -2.42. The third-order valence-electron chi connectivity index (χ3n) is 10.2. The second-order valence-electron chi connectivity index (χ2n) is 17.7. The van der Waals surface area contributed by atoms with Crippen molar-refractivity contribution in [2.45, 2.75) is 180 Å². The topological polar surface area (TPSA) is 111 Å². The van der Waals surface area contributed by atoms with Crippen LogP contribution >= 0.6 is 0 Å². The maximum absolute atomic E-state index is 12.8.